The highest BCUT2D eigenvalue weighted by atomic mass is 16.5. The number of benzene rings is 2. The van der Waals surface area contributed by atoms with Crippen molar-refractivity contribution >= 4 is 10.8 Å². The molecule has 1 atom stereocenters. The maximum atomic E-state index is 5.99. The number of morpholine rings is 1. The fraction of sp³-hybridized carbons (Fsp3) is 0.350. The van der Waals surface area contributed by atoms with Crippen molar-refractivity contribution in [1.82, 2.24) is 14.5 Å². The molecule has 0 amide bonds. The summed E-state index contributed by atoms with van der Waals surface area (Å²) in [7, 11) is 2.04. The number of fused-ring (bicyclic) bond motifs is 1. The van der Waals surface area contributed by atoms with Gasteiger partial charge in [-0.2, -0.15) is 0 Å². The van der Waals surface area contributed by atoms with E-state index in [9.17, 15) is 0 Å². The minimum atomic E-state index is 0.0485. The quantitative estimate of drug-likeness (QED) is 0.740. The molecule has 0 unspecified atom stereocenters. The summed E-state index contributed by atoms with van der Waals surface area (Å²) in [4.78, 5) is 7.11. The molecule has 24 heavy (non-hydrogen) atoms. The number of hydrogen-bond acceptors (Lipinski definition) is 3. The number of aryl methyl sites for hydroxylation is 2. The number of imidazole rings is 1. The Morgan fingerprint density at radius 1 is 1.17 bits per heavy atom. The summed E-state index contributed by atoms with van der Waals surface area (Å²) in [6.07, 6.45) is 2.11. The Kier molecular flexibility index (Phi) is 4.08. The van der Waals surface area contributed by atoms with Crippen LogP contribution in [0, 0.1) is 6.92 Å². The van der Waals surface area contributed by atoms with Crippen LogP contribution in [0.25, 0.3) is 10.8 Å². The van der Waals surface area contributed by atoms with E-state index in [1.807, 2.05) is 14.0 Å². The molecule has 0 bridgehead atoms. The molecule has 3 aromatic rings. The van der Waals surface area contributed by atoms with E-state index in [0.717, 1.165) is 37.8 Å². The Labute approximate surface area is 142 Å². The van der Waals surface area contributed by atoms with Crippen molar-refractivity contribution in [1.29, 1.82) is 0 Å². The van der Waals surface area contributed by atoms with Crippen LogP contribution in [0.3, 0.4) is 0 Å². The number of rotatable bonds is 3. The van der Waals surface area contributed by atoms with Crippen molar-refractivity contribution in [2.24, 2.45) is 7.05 Å². The summed E-state index contributed by atoms with van der Waals surface area (Å²) in [6, 6.07) is 15.2. The van der Waals surface area contributed by atoms with E-state index in [1.165, 1.54) is 16.3 Å². The number of ether oxygens (including phenoxy) is 1. The second-order valence-electron chi connectivity index (χ2n) is 6.58. The van der Waals surface area contributed by atoms with Crippen LogP contribution in [0.4, 0.5) is 0 Å². The Bertz CT molecular complexity index is 850. The highest BCUT2D eigenvalue weighted by molar-refractivity contribution is 5.85. The van der Waals surface area contributed by atoms with Crippen molar-refractivity contribution in [3.05, 3.63) is 65.7 Å². The standard InChI is InChI=1S/C20H23N3O/c1-15-12-22(2)20(21-15)19-14-23(10-11-24-19)13-17-8-5-7-16-6-3-4-9-18(16)17/h3-9,12,19H,10-11,13-14H2,1-2H3/t19-/m0/s1. The number of aromatic nitrogens is 2. The summed E-state index contributed by atoms with van der Waals surface area (Å²) in [5.41, 5.74) is 2.42. The lowest BCUT2D eigenvalue weighted by atomic mass is 10.0. The van der Waals surface area contributed by atoms with Gasteiger partial charge in [0.2, 0.25) is 0 Å². The molecule has 4 nitrogen and oxygen atoms in total. The first-order chi connectivity index (χ1) is 11.7. The average Bonchev–Trinajstić information content (AvgIpc) is 2.94. The molecule has 0 spiro atoms. The van der Waals surface area contributed by atoms with Gasteiger partial charge in [-0.3, -0.25) is 4.90 Å². The third-order valence-electron chi connectivity index (χ3n) is 4.75. The predicted molar refractivity (Wildman–Crippen MR) is 95.9 cm³/mol. The van der Waals surface area contributed by atoms with Gasteiger partial charge in [-0.1, -0.05) is 42.5 Å². The van der Waals surface area contributed by atoms with Crippen molar-refractivity contribution in [3.8, 4) is 0 Å². The van der Waals surface area contributed by atoms with Crippen LogP contribution in [0.1, 0.15) is 23.2 Å². The zero-order chi connectivity index (χ0) is 16.5. The highest BCUT2D eigenvalue weighted by Crippen LogP contribution is 2.25. The first-order valence-corrected chi connectivity index (χ1v) is 8.51. The largest absolute Gasteiger partial charge is 0.368 e. The fourth-order valence-electron chi connectivity index (χ4n) is 3.61. The molecule has 0 aliphatic carbocycles. The Morgan fingerprint density at radius 2 is 2.00 bits per heavy atom. The monoisotopic (exact) mass is 321 g/mol. The minimum Gasteiger partial charge on any atom is -0.368 e. The van der Waals surface area contributed by atoms with Gasteiger partial charge in [0.15, 0.2) is 0 Å². The van der Waals surface area contributed by atoms with Gasteiger partial charge in [-0.25, -0.2) is 4.98 Å². The van der Waals surface area contributed by atoms with Crippen LogP contribution in [-0.4, -0.2) is 34.1 Å². The molecule has 1 saturated heterocycles. The van der Waals surface area contributed by atoms with Gasteiger partial charge in [-0.15, -0.1) is 0 Å². The van der Waals surface area contributed by atoms with E-state index in [0.29, 0.717) is 0 Å². The minimum absolute atomic E-state index is 0.0485. The third kappa shape index (κ3) is 2.95. The van der Waals surface area contributed by atoms with Crippen LogP contribution >= 0.6 is 0 Å². The van der Waals surface area contributed by atoms with Crippen molar-refractivity contribution in [2.75, 3.05) is 19.7 Å². The summed E-state index contributed by atoms with van der Waals surface area (Å²) >= 11 is 0. The number of nitrogens with zero attached hydrogens (tertiary/aromatic N) is 3. The second-order valence-corrected chi connectivity index (χ2v) is 6.58. The van der Waals surface area contributed by atoms with Gasteiger partial charge >= 0.3 is 0 Å². The Hall–Kier alpha value is -2.17. The van der Waals surface area contributed by atoms with Gasteiger partial charge in [-0.05, 0) is 23.3 Å². The van der Waals surface area contributed by atoms with Crippen molar-refractivity contribution in [3.63, 3.8) is 0 Å². The zero-order valence-electron chi connectivity index (χ0n) is 14.3. The normalized spacial score (nSPS) is 19.0. The molecule has 1 aliphatic rings. The van der Waals surface area contributed by atoms with Crippen LogP contribution in [0.2, 0.25) is 0 Å². The predicted octanol–water partition coefficient (Wildman–Crippen LogP) is 3.46. The van der Waals surface area contributed by atoms with Crippen molar-refractivity contribution in [2.45, 2.75) is 19.6 Å². The van der Waals surface area contributed by atoms with Crippen LogP contribution in [-0.2, 0) is 18.3 Å². The molecule has 1 aromatic heterocycles. The molecule has 1 fully saturated rings. The summed E-state index contributed by atoms with van der Waals surface area (Å²) in [6.45, 7) is 5.57. The Morgan fingerprint density at radius 3 is 2.83 bits per heavy atom. The van der Waals surface area contributed by atoms with Gasteiger partial charge in [0.05, 0.1) is 12.3 Å². The molecular weight excluding hydrogens is 298 g/mol. The topological polar surface area (TPSA) is 30.3 Å². The first-order valence-electron chi connectivity index (χ1n) is 8.51. The molecule has 0 N–H and O–H groups in total. The van der Waals surface area contributed by atoms with Gasteiger partial charge in [0.1, 0.15) is 11.9 Å². The Balaban J connectivity index is 1.55. The SMILES string of the molecule is Cc1cn(C)c([C@@H]2CN(Cc3cccc4ccccc34)CCO2)n1. The van der Waals surface area contributed by atoms with Crippen LogP contribution < -0.4 is 0 Å². The smallest absolute Gasteiger partial charge is 0.139 e. The second kappa shape index (κ2) is 6.38. The molecule has 124 valence electrons. The van der Waals surface area contributed by atoms with Crippen LogP contribution in [0.15, 0.2) is 48.7 Å². The van der Waals surface area contributed by atoms with E-state index in [-0.39, 0.29) is 6.10 Å². The molecule has 2 heterocycles. The lowest BCUT2D eigenvalue weighted by Crippen LogP contribution is -2.38. The molecule has 2 aromatic carbocycles. The van der Waals surface area contributed by atoms with Gasteiger partial charge in [0, 0.05) is 32.9 Å². The van der Waals surface area contributed by atoms with E-state index < -0.39 is 0 Å². The lowest BCUT2D eigenvalue weighted by Gasteiger charge is -2.32. The molecular formula is C20H23N3O. The summed E-state index contributed by atoms with van der Waals surface area (Å²) < 4.78 is 8.07. The summed E-state index contributed by atoms with van der Waals surface area (Å²) in [5, 5.41) is 2.65. The fourth-order valence-corrected chi connectivity index (χ4v) is 3.61. The molecule has 1 aliphatic heterocycles. The molecule has 0 radical (unpaired) electrons. The average molecular weight is 321 g/mol. The number of hydrogen-bond donors (Lipinski definition) is 0. The van der Waals surface area contributed by atoms with E-state index in [4.69, 9.17) is 4.74 Å². The third-order valence-corrected chi connectivity index (χ3v) is 4.75. The maximum absolute atomic E-state index is 5.99. The maximum Gasteiger partial charge on any atom is 0.139 e. The van der Waals surface area contributed by atoms with E-state index in [1.54, 1.807) is 0 Å². The zero-order valence-corrected chi connectivity index (χ0v) is 14.3. The summed E-state index contributed by atoms with van der Waals surface area (Å²) in [5.74, 6) is 1.02. The molecule has 4 rings (SSSR count). The van der Waals surface area contributed by atoms with Gasteiger partial charge < -0.3 is 9.30 Å². The molecule has 0 saturated carbocycles. The molecule has 4 heteroatoms. The van der Waals surface area contributed by atoms with Crippen molar-refractivity contribution < 1.29 is 4.74 Å². The lowest BCUT2D eigenvalue weighted by molar-refractivity contribution is -0.0382. The van der Waals surface area contributed by atoms with Crippen LogP contribution in [0.5, 0.6) is 0 Å². The highest BCUT2D eigenvalue weighted by Gasteiger charge is 2.25. The van der Waals surface area contributed by atoms with E-state index in [2.05, 4.69) is 63.1 Å². The van der Waals surface area contributed by atoms with Gasteiger partial charge in [0.25, 0.3) is 0 Å². The van der Waals surface area contributed by atoms with E-state index >= 15 is 0 Å². The first kappa shape index (κ1) is 15.4.